The van der Waals surface area contributed by atoms with Gasteiger partial charge in [0.05, 0.1) is 0 Å². The lowest BCUT2D eigenvalue weighted by atomic mass is 9.83. The van der Waals surface area contributed by atoms with Gasteiger partial charge in [0, 0.05) is 13.2 Å². The van der Waals surface area contributed by atoms with Gasteiger partial charge >= 0.3 is 0 Å². The van der Waals surface area contributed by atoms with Crippen LogP contribution in [-0.2, 0) is 4.74 Å². The molecule has 0 aromatic heterocycles. The van der Waals surface area contributed by atoms with Gasteiger partial charge in [0.2, 0.25) is 0 Å². The quantitative estimate of drug-likeness (QED) is 0.562. The second-order valence-corrected chi connectivity index (χ2v) is 4.25. The number of aliphatic imine (C=N–C) groups is 1. The zero-order valence-electron chi connectivity index (χ0n) is 10.1. The van der Waals surface area contributed by atoms with E-state index in [0.29, 0.717) is 0 Å². The maximum atomic E-state index is 6.08. The van der Waals surface area contributed by atoms with E-state index in [1.807, 2.05) is 6.92 Å². The average Bonchev–Trinajstić information content (AvgIpc) is 2.27. The topological polar surface area (TPSA) is 47.6 Å². The lowest BCUT2D eigenvalue weighted by Crippen LogP contribution is -2.48. The Labute approximate surface area is 93.1 Å². The maximum absolute atomic E-state index is 6.08. The molecule has 1 fully saturated rings. The number of rotatable bonds is 5. The normalized spacial score (nSPS) is 21.6. The number of nitrogens with zero attached hydrogens (tertiary/aromatic N) is 1. The molecule has 1 aliphatic carbocycles. The first-order chi connectivity index (χ1) is 7.25. The molecule has 0 bridgehead atoms. The van der Waals surface area contributed by atoms with Crippen molar-refractivity contribution in [1.82, 2.24) is 0 Å². The van der Waals surface area contributed by atoms with Crippen molar-refractivity contribution in [3.8, 4) is 0 Å². The largest absolute Gasteiger partial charge is 0.385 e. The summed E-state index contributed by atoms with van der Waals surface area (Å²) < 4.78 is 5.87. The molecule has 0 saturated heterocycles. The van der Waals surface area contributed by atoms with E-state index < -0.39 is 0 Å². The van der Waals surface area contributed by atoms with Crippen LogP contribution in [0.1, 0.15) is 52.4 Å². The fraction of sp³-hybridized carbons (Fsp3) is 0.917. The summed E-state index contributed by atoms with van der Waals surface area (Å²) >= 11 is 0. The first kappa shape index (κ1) is 12.5. The van der Waals surface area contributed by atoms with Gasteiger partial charge in [-0.1, -0.05) is 26.2 Å². The SMILES string of the molecule is CCCN=C(N)C1(OCC)CCCCC1. The maximum Gasteiger partial charge on any atom is 0.126 e. The summed E-state index contributed by atoms with van der Waals surface area (Å²) in [6, 6.07) is 0. The Morgan fingerprint density at radius 1 is 1.27 bits per heavy atom. The van der Waals surface area contributed by atoms with E-state index >= 15 is 0 Å². The van der Waals surface area contributed by atoms with Crippen molar-refractivity contribution in [2.24, 2.45) is 10.7 Å². The lowest BCUT2D eigenvalue weighted by Gasteiger charge is -2.36. The van der Waals surface area contributed by atoms with Gasteiger partial charge in [-0.05, 0) is 26.2 Å². The molecule has 1 saturated carbocycles. The second-order valence-electron chi connectivity index (χ2n) is 4.25. The molecule has 0 heterocycles. The van der Waals surface area contributed by atoms with Crippen molar-refractivity contribution >= 4 is 5.84 Å². The van der Waals surface area contributed by atoms with Crippen LogP contribution in [0.5, 0.6) is 0 Å². The van der Waals surface area contributed by atoms with Gasteiger partial charge in [-0.2, -0.15) is 0 Å². The number of nitrogens with two attached hydrogens (primary N) is 1. The fourth-order valence-electron chi connectivity index (χ4n) is 2.25. The zero-order valence-corrected chi connectivity index (χ0v) is 10.1. The summed E-state index contributed by atoms with van der Waals surface area (Å²) in [5.74, 6) is 0.728. The molecule has 0 atom stereocenters. The van der Waals surface area contributed by atoms with Crippen LogP contribution >= 0.6 is 0 Å². The third kappa shape index (κ3) is 3.20. The molecular weight excluding hydrogens is 188 g/mol. The van der Waals surface area contributed by atoms with Gasteiger partial charge in [-0.3, -0.25) is 4.99 Å². The van der Waals surface area contributed by atoms with Gasteiger partial charge in [-0.15, -0.1) is 0 Å². The van der Waals surface area contributed by atoms with E-state index in [9.17, 15) is 0 Å². The van der Waals surface area contributed by atoms with E-state index in [0.717, 1.165) is 38.2 Å². The van der Waals surface area contributed by atoms with Gasteiger partial charge < -0.3 is 10.5 Å². The third-order valence-electron chi connectivity index (χ3n) is 3.05. The van der Waals surface area contributed by atoms with Crippen LogP contribution in [0, 0.1) is 0 Å². The summed E-state index contributed by atoms with van der Waals surface area (Å²) in [5, 5.41) is 0. The van der Waals surface area contributed by atoms with E-state index in [1.54, 1.807) is 0 Å². The minimum absolute atomic E-state index is 0.234. The number of hydrogen-bond acceptors (Lipinski definition) is 2. The lowest BCUT2D eigenvalue weighted by molar-refractivity contribution is -0.0120. The summed E-state index contributed by atoms with van der Waals surface area (Å²) in [4.78, 5) is 4.43. The highest BCUT2D eigenvalue weighted by molar-refractivity contribution is 5.89. The van der Waals surface area contributed by atoms with Crippen LogP contribution in [0.25, 0.3) is 0 Å². The van der Waals surface area contributed by atoms with Crippen LogP contribution in [0.2, 0.25) is 0 Å². The summed E-state index contributed by atoms with van der Waals surface area (Å²) in [5.41, 5.74) is 5.85. The molecule has 3 nitrogen and oxygen atoms in total. The zero-order chi connectivity index (χ0) is 11.1. The van der Waals surface area contributed by atoms with Crippen LogP contribution in [0.15, 0.2) is 4.99 Å². The Morgan fingerprint density at radius 3 is 2.47 bits per heavy atom. The third-order valence-corrected chi connectivity index (χ3v) is 3.05. The van der Waals surface area contributed by atoms with Gasteiger partial charge in [-0.25, -0.2) is 0 Å². The molecule has 0 radical (unpaired) electrons. The molecule has 0 spiro atoms. The van der Waals surface area contributed by atoms with Gasteiger partial charge in [0.1, 0.15) is 11.4 Å². The van der Waals surface area contributed by atoms with E-state index in [-0.39, 0.29) is 5.60 Å². The van der Waals surface area contributed by atoms with Crippen LogP contribution < -0.4 is 5.73 Å². The number of ether oxygens (including phenoxy) is 1. The van der Waals surface area contributed by atoms with Crippen molar-refractivity contribution in [1.29, 1.82) is 0 Å². The Kier molecular flexibility index (Phi) is 5.09. The molecular formula is C12H24N2O. The van der Waals surface area contributed by atoms with E-state index in [2.05, 4.69) is 11.9 Å². The molecule has 88 valence electrons. The van der Waals surface area contributed by atoms with Crippen molar-refractivity contribution < 1.29 is 4.74 Å². The highest BCUT2D eigenvalue weighted by Gasteiger charge is 2.36. The van der Waals surface area contributed by atoms with Crippen molar-refractivity contribution in [2.75, 3.05) is 13.2 Å². The molecule has 2 N–H and O–H groups in total. The minimum Gasteiger partial charge on any atom is -0.385 e. The Balaban J connectivity index is 2.69. The molecule has 0 aromatic carbocycles. The molecule has 0 aliphatic heterocycles. The molecule has 1 aliphatic rings. The van der Waals surface area contributed by atoms with Crippen LogP contribution in [-0.4, -0.2) is 24.6 Å². The molecule has 3 heteroatoms. The van der Waals surface area contributed by atoms with Crippen molar-refractivity contribution in [3.63, 3.8) is 0 Å². The van der Waals surface area contributed by atoms with Crippen LogP contribution in [0.3, 0.4) is 0 Å². The highest BCUT2D eigenvalue weighted by Crippen LogP contribution is 2.31. The van der Waals surface area contributed by atoms with Crippen molar-refractivity contribution in [3.05, 3.63) is 0 Å². The monoisotopic (exact) mass is 212 g/mol. The smallest absolute Gasteiger partial charge is 0.126 e. The van der Waals surface area contributed by atoms with Crippen LogP contribution in [0.4, 0.5) is 0 Å². The summed E-state index contributed by atoms with van der Waals surface area (Å²) in [7, 11) is 0. The summed E-state index contributed by atoms with van der Waals surface area (Å²) in [6.07, 6.45) is 6.85. The Bertz CT molecular complexity index is 202. The number of hydrogen-bond donors (Lipinski definition) is 1. The van der Waals surface area contributed by atoms with E-state index in [4.69, 9.17) is 10.5 Å². The first-order valence-electron chi connectivity index (χ1n) is 6.19. The molecule has 15 heavy (non-hydrogen) atoms. The predicted octanol–water partition coefficient (Wildman–Crippen LogP) is 2.49. The molecule has 0 amide bonds. The highest BCUT2D eigenvalue weighted by atomic mass is 16.5. The fourth-order valence-corrected chi connectivity index (χ4v) is 2.25. The second kappa shape index (κ2) is 6.11. The van der Waals surface area contributed by atoms with Crippen molar-refractivity contribution in [2.45, 2.75) is 58.0 Å². The van der Waals surface area contributed by atoms with Gasteiger partial charge in [0.15, 0.2) is 0 Å². The Morgan fingerprint density at radius 2 is 1.93 bits per heavy atom. The standard InChI is InChI=1S/C12H24N2O/c1-3-10-14-11(13)12(15-4-2)8-6-5-7-9-12/h3-10H2,1-2H3,(H2,13,14). The Hall–Kier alpha value is -0.570. The average molecular weight is 212 g/mol. The summed E-state index contributed by atoms with van der Waals surface area (Å²) in [6.45, 7) is 5.69. The predicted molar refractivity (Wildman–Crippen MR) is 64.2 cm³/mol. The minimum atomic E-state index is -0.234. The number of amidine groups is 1. The van der Waals surface area contributed by atoms with Gasteiger partial charge in [0.25, 0.3) is 0 Å². The molecule has 1 rings (SSSR count). The molecule has 0 aromatic rings. The van der Waals surface area contributed by atoms with E-state index in [1.165, 1.54) is 19.3 Å². The first-order valence-corrected chi connectivity index (χ1v) is 6.19. The molecule has 0 unspecified atom stereocenters.